The van der Waals surface area contributed by atoms with Gasteiger partial charge in [-0.2, -0.15) is 13.6 Å². The maximum atomic E-state index is 12.6. The first-order valence-electron chi connectivity index (χ1n) is 7.89. The number of carbonyl (C=O) groups is 1. The summed E-state index contributed by atoms with van der Waals surface area (Å²) in [4.78, 5) is 13.8. The topological polar surface area (TPSA) is 69.9 Å². The lowest BCUT2D eigenvalue weighted by molar-refractivity contribution is -0.0498. The first-order chi connectivity index (χ1) is 12.4. The van der Waals surface area contributed by atoms with Crippen LogP contribution in [0.15, 0.2) is 48.5 Å². The molecule has 3 rings (SSSR count). The Morgan fingerprint density at radius 1 is 1.08 bits per heavy atom. The first kappa shape index (κ1) is 17.7. The highest BCUT2D eigenvalue weighted by molar-refractivity contribution is 5.98. The Bertz CT molecular complexity index is 892. The van der Waals surface area contributed by atoms with E-state index in [1.54, 1.807) is 6.92 Å². The largest absolute Gasteiger partial charge is 0.435 e. The van der Waals surface area contributed by atoms with E-state index in [4.69, 9.17) is 0 Å². The second-order valence-electron chi connectivity index (χ2n) is 5.74. The number of halogens is 2. The van der Waals surface area contributed by atoms with Gasteiger partial charge in [0, 0.05) is 11.1 Å². The van der Waals surface area contributed by atoms with Crippen LogP contribution in [0.5, 0.6) is 5.75 Å². The molecule has 8 heteroatoms. The predicted octanol–water partition coefficient (Wildman–Crippen LogP) is 3.69. The lowest BCUT2D eigenvalue weighted by Crippen LogP contribution is -2.19. The third kappa shape index (κ3) is 3.90. The molecule has 2 aromatic carbocycles. The van der Waals surface area contributed by atoms with Gasteiger partial charge in [0.05, 0.1) is 0 Å². The molecule has 134 valence electrons. The molecule has 26 heavy (non-hydrogen) atoms. The van der Waals surface area contributed by atoms with E-state index in [1.165, 1.54) is 29.1 Å². The summed E-state index contributed by atoms with van der Waals surface area (Å²) in [6.45, 7) is 0.717. The van der Waals surface area contributed by atoms with Crippen LogP contribution in [0.4, 0.5) is 8.78 Å². The van der Waals surface area contributed by atoms with E-state index in [2.05, 4.69) is 20.1 Å². The highest BCUT2D eigenvalue weighted by Crippen LogP contribution is 2.20. The van der Waals surface area contributed by atoms with Crippen LogP contribution < -0.4 is 4.74 Å². The maximum absolute atomic E-state index is 12.6. The summed E-state index contributed by atoms with van der Waals surface area (Å²) in [5.41, 5.74) is 2.26. The number of hydrogen-bond donors (Lipinski definition) is 0. The molecule has 0 radical (unpaired) electrons. The molecule has 0 N–H and O–H groups in total. The zero-order valence-electron chi connectivity index (χ0n) is 14.1. The van der Waals surface area contributed by atoms with Gasteiger partial charge in [0.15, 0.2) is 5.78 Å². The second-order valence-corrected chi connectivity index (χ2v) is 5.74. The molecule has 0 spiro atoms. The van der Waals surface area contributed by atoms with Crippen LogP contribution in [0.25, 0.3) is 11.4 Å². The van der Waals surface area contributed by atoms with Crippen molar-refractivity contribution < 1.29 is 18.3 Å². The Hall–Kier alpha value is -3.16. The molecule has 0 aliphatic rings. The Balaban J connectivity index is 1.75. The molecular weight excluding hydrogens is 342 g/mol. The van der Waals surface area contributed by atoms with Gasteiger partial charge in [0.1, 0.15) is 11.8 Å². The van der Waals surface area contributed by atoms with Crippen LogP contribution in [0.2, 0.25) is 0 Å². The van der Waals surface area contributed by atoms with Gasteiger partial charge in [0.25, 0.3) is 0 Å². The number of tetrazole rings is 1. The van der Waals surface area contributed by atoms with E-state index in [-0.39, 0.29) is 11.5 Å². The monoisotopic (exact) mass is 358 g/mol. The summed E-state index contributed by atoms with van der Waals surface area (Å²) in [5, 5.41) is 12.2. The van der Waals surface area contributed by atoms with Gasteiger partial charge in [0.2, 0.25) is 5.82 Å². The minimum atomic E-state index is -2.91. The molecule has 0 aliphatic heterocycles. The number of carbonyl (C=O) groups excluding carboxylic acids is 1. The van der Waals surface area contributed by atoms with Crippen molar-refractivity contribution in [3.63, 3.8) is 0 Å². The van der Waals surface area contributed by atoms with E-state index < -0.39 is 12.7 Å². The number of rotatable bonds is 6. The molecule has 0 saturated carbocycles. The van der Waals surface area contributed by atoms with Crippen molar-refractivity contribution in [2.24, 2.45) is 0 Å². The molecule has 3 aromatic rings. The minimum Gasteiger partial charge on any atom is -0.435 e. The SMILES string of the molecule is Cc1ccc(-c2nnn([C@@H](C)C(=O)c3ccc(OC(F)F)cc3)n2)cc1. The molecular formula is C18H16F2N4O2. The van der Waals surface area contributed by atoms with E-state index >= 15 is 0 Å². The summed E-state index contributed by atoms with van der Waals surface area (Å²) in [6, 6.07) is 12.4. The van der Waals surface area contributed by atoms with E-state index in [0.717, 1.165) is 11.1 Å². The van der Waals surface area contributed by atoms with E-state index in [9.17, 15) is 13.6 Å². The summed E-state index contributed by atoms with van der Waals surface area (Å²) in [5.74, 6) is 0.150. The van der Waals surface area contributed by atoms with Gasteiger partial charge in [-0.3, -0.25) is 4.79 Å². The lowest BCUT2D eigenvalue weighted by Gasteiger charge is -2.09. The van der Waals surface area contributed by atoms with Gasteiger partial charge in [-0.25, -0.2) is 0 Å². The van der Waals surface area contributed by atoms with Crippen molar-refractivity contribution in [2.45, 2.75) is 26.5 Å². The third-order valence-corrected chi connectivity index (χ3v) is 3.83. The van der Waals surface area contributed by atoms with Crippen LogP contribution in [0.1, 0.15) is 28.9 Å². The summed E-state index contributed by atoms with van der Waals surface area (Å²) >= 11 is 0. The smallest absolute Gasteiger partial charge is 0.387 e. The highest BCUT2D eigenvalue weighted by Gasteiger charge is 2.20. The Labute approximate surface area is 148 Å². The molecule has 6 nitrogen and oxygen atoms in total. The third-order valence-electron chi connectivity index (χ3n) is 3.83. The fourth-order valence-electron chi connectivity index (χ4n) is 2.35. The molecule has 0 unspecified atom stereocenters. The fourth-order valence-corrected chi connectivity index (χ4v) is 2.35. The average molecular weight is 358 g/mol. The van der Waals surface area contributed by atoms with Gasteiger partial charge in [-0.05, 0) is 43.3 Å². The van der Waals surface area contributed by atoms with Crippen molar-refractivity contribution in [2.75, 3.05) is 0 Å². The van der Waals surface area contributed by atoms with Crippen LogP contribution in [-0.2, 0) is 0 Å². The lowest BCUT2D eigenvalue weighted by atomic mass is 10.1. The molecule has 0 aliphatic carbocycles. The molecule has 0 bridgehead atoms. The molecule has 0 amide bonds. The first-order valence-corrected chi connectivity index (χ1v) is 7.89. The molecule has 1 aromatic heterocycles. The minimum absolute atomic E-state index is 0.00950. The standard InChI is InChI=1S/C18H16F2N4O2/c1-11-3-5-14(6-4-11)17-21-23-24(22-17)12(2)16(25)13-7-9-15(10-8-13)26-18(19)20/h3-10,12,18H,1-2H3/t12-/m0/s1. The molecule has 0 fully saturated rings. The normalized spacial score (nSPS) is 12.2. The van der Waals surface area contributed by atoms with Gasteiger partial charge in [-0.1, -0.05) is 29.8 Å². The molecule has 1 atom stereocenters. The fraction of sp³-hybridized carbons (Fsp3) is 0.222. The number of ketones is 1. The number of aryl methyl sites for hydroxylation is 1. The maximum Gasteiger partial charge on any atom is 0.387 e. The highest BCUT2D eigenvalue weighted by atomic mass is 19.3. The number of aromatic nitrogens is 4. The number of benzene rings is 2. The van der Waals surface area contributed by atoms with Gasteiger partial charge >= 0.3 is 6.61 Å². The second kappa shape index (κ2) is 7.38. The Morgan fingerprint density at radius 3 is 2.35 bits per heavy atom. The average Bonchev–Trinajstić information content (AvgIpc) is 3.11. The molecule has 0 saturated heterocycles. The number of nitrogens with zero attached hydrogens (tertiary/aromatic N) is 4. The number of hydrogen-bond acceptors (Lipinski definition) is 5. The van der Waals surface area contributed by atoms with Crippen molar-refractivity contribution in [1.82, 2.24) is 20.2 Å². The van der Waals surface area contributed by atoms with Crippen molar-refractivity contribution in [1.29, 1.82) is 0 Å². The summed E-state index contributed by atoms with van der Waals surface area (Å²) in [7, 11) is 0. The zero-order valence-corrected chi connectivity index (χ0v) is 14.1. The van der Waals surface area contributed by atoms with Crippen LogP contribution in [-0.4, -0.2) is 32.6 Å². The Kier molecular flexibility index (Phi) is 5.01. The van der Waals surface area contributed by atoms with E-state index in [1.807, 2.05) is 31.2 Å². The van der Waals surface area contributed by atoms with Gasteiger partial charge < -0.3 is 4.74 Å². The number of Topliss-reactive ketones (excluding diaryl/α,β-unsaturated/α-hetero) is 1. The van der Waals surface area contributed by atoms with Crippen molar-refractivity contribution >= 4 is 5.78 Å². The summed E-state index contributed by atoms with van der Waals surface area (Å²) < 4.78 is 28.6. The van der Waals surface area contributed by atoms with Crippen LogP contribution in [0, 0.1) is 6.92 Å². The number of ether oxygens (including phenoxy) is 1. The number of alkyl halides is 2. The summed E-state index contributed by atoms with van der Waals surface area (Å²) in [6.07, 6.45) is 0. The van der Waals surface area contributed by atoms with Crippen molar-refractivity contribution in [3.8, 4) is 17.1 Å². The Morgan fingerprint density at radius 2 is 1.73 bits per heavy atom. The zero-order chi connectivity index (χ0) is 18.7. The van der Waals surface area contributed by atoms with E-state index in [0.29, 0.717) is 11.4 Å². The quantitative estimate of drug-likeness (QED) is 0.629. The predicted molar refractivity (Wildman–Crippen MR) is 90.1 cm³/mol. The van der Waals surface area contributed by atoms with Gasteiger partial charge in [-0.15, -0.1) is 10.2 Å². The van der Waals surface area contributed by atoms with Crippen LogP contribution in [0.3, 0.4) is 0 Å². The van der Waals surface area contributed by atoms with Crippen molar-refractivity contribution in [3.05, 3.63) is 59.7 Å². The molecule has 1 heterocycles. The van der Waals surface area contributed by atoms with Crippen LogP contribution >= 0.6 is 0 Å².